The van der Waals surface area contributed by atoms with Gasteiger partial charge in [0.05, 0.1) is 12.1 Å². The smallest absolute Gasteiger partial charge is 0.248 e. The number of pyridine rings is 1. The third-order valence-electron chi connectivity index (χ3n) is 9.66. The van der Waals surface area contributed by atoms with Crippen LogP contribution in [0.1, 0.15) is 62.0 Å². The fourth-order valence-electron chi connectivity index (χ4n) is 6.59. The number of hydrogen-bond donors (Lipinski definition) is 6. The first-order valence-electron chi connectivity index (χ1n) is 19.3. The van der Waals surface area contributed by atoms with Gasteiger partial charge in [0.2, 0.25) is 29.2 Å². The Labute approximate surface area is 346 Å². The van der Waals surface area contributed by atoms with Crippen LogP contribution in [0, 0.1) is 0 Å². The zero-order valence-corrected chi connectivity index (χ0v) is 33.7. The van der Waals surface area contributed by atoms with Gasteiger partial charge in [-0.25, -0.2) is 0 Å². The lowest BCUT2D eigenvalue weighted by Crippen LogP contribution is -2.47. The van der Waals surface area contributed by atoms with Crippen LogP contribution in [0.5, 0.6) is 5.75 Å². The second-order valence-corrected chi connectivity index (χ2v) is 14.5. The van der Waals surface area contributed by atoms with E-state index in [1.54, 1.807) is 60.7 Å². The summed E-state index contributed by atoms with van der Waals surface area (Å²) in [6.45, 7) is 5.51. The number of phenols is 1. The molecule has 0 radical (unpaired) electrons. The van der Waals surface area contributed by atoms with E-state index in [1.807, 2.05) is 60.7 Å². The lowest BCUT2D eigenvalue weighted by Gasteiger charge is -2.22. The molecule has 1 heterocycles. The van der Waals surface area contributed by atoms with E-state index in [4.69, 9.17) is 0 Å². The van der Waals surface area contributed by atoms with Crippen molar-refractivity contribution in [1.82, 2.24) is 26.3 Å². The average molecular weight is 810 g/mol. The van der Waals surface area contributed by atoms with Crippen molar-refractivity contribution in [2.24, 2.45) is 0 Å². The van der Waals surface area contributed by atoms with E-state index in [2.05, 4.69) is 26.3 Å². The number of fused-ring (bicyclic) bond motifs is 2. The number of aromatic amines is 1. The molecular formula is C47H47N5O8. The molecule has 13 heteroatoms. The second-order valence-electron chi connectivity index (χ2n) is 14.5. The van der Waals surface area contributed by atoms with Crippen LogP contribution in [0.25, 0.3) is 21.7 Å². The molecule has 4 unspecified atom stereocenters. The summed E-state index contributed by atoms with van der Waals surface area (Å²) < 4.78 is 0. The standard InChI is InChI=1S/C24H24N2O4.C23H23N3O4/c1-15(27)22(12-17-6-4-3-5-7-17)26-24(30)23(25-16(2)28)20-9-8-19-14-21(29)11-10-18(19)13-20;1-14(27)19(12-16-6-4-3-5-7-16)26-23(30)22(24-15(2)28)18-9-8-17-10-11-21(29)25-20(17)13-18/h3-11,13-14,22-23,29H,12H2,1-2H3,(H,25,28)(H,26,30);3-11,13,19,22H,12H2,1-2H3,(H,24,28)(H,25,29)(H,26,30). The molecule has 6 N–H and O–H groups in total. The Balaban J connectivity index is 0.000000228. The number of ketones is 2. The Morgan fingerprint density at radius 3 is 1.43 bits per heavy atom. The van der Waals surface area contributed by atoms with Crippen LogP contribution in [0.15, 0.2) is 132 Å². The number of amides is 4. The number of carbonyl (C=O) groups excluding carboxylic acids is 6. The van der Waals surface area contributed by atoms with Crippen molar-refractivity contribution in [3.63, 3.8) is 0 Å². The van der Waals surface area contributed by atoms with Crippen LogP contribution in [-0.4, -0.2) is 57.4 Å². The maximum absolute atomic E-state index is 13.1. The van der Waals surface area contributed by atoms with Gasteiger partial charge in [0.1, 0.15) is 17.8 Å². The summed E-state index contributed by atoms with van der Waals surface area (Å²) in [7, 11) is 0. The second kappa shape index (κ2) is 20.3. The number of aromatic nitrogens is 1. The molecule has 4 atom stereocenters. The molecule has 308 valence electrons. The average Bonchev–Trinajstić information content (AvgIpc) is 3.21. The van der Waals surface area contributed by atoms with Gasteiger partial charge < -0.3 is 31.4 Å². The first kappa shape index (κ1) is 43.7. The first-order chi connectivity index (χ1) is 28.7. The fourth-order valence-corrected chi connectivity index (χ4v) is 6.59. The van der Waals surface area contributed by atoms with Crippen molar-refractivity contribution >= 4 is 56.9 Å². The number of benzene rings is 5. The van der Waals surface area contributed by atoms with E-state index in [0.29, 0.717) is 29.5 Å². The Bertz CT molecular complexity index is 2570. The molecule has 0 aliphatic carbocycles. The Morgan fingerprint density at radius 1 is 0.517 bits per heavy atom. The number of carbonyl (C=O) groups is 6. The van der Waals surface area contributed by atoms with Gasteiger partial charge in [-0.15, -0.1) is 0 Å². The van der Waals surface area contributed by atoms with Gasteiger partial charge in [-0.05, 0) is 95.4 Å². The first-order valence-corrected chi connectivity index (χ1v) is 19.3. The van der Waals surface area contributed by atoms with Gasteiger partial charge in [-0.1, -0.05) is 91.0 Å². The zero-order valence-electron chi connectivity index (χ0n) is 33.7. The molecule has 0 aliphatic heterocycles. The van der Waals surface area contributed by atoms with Gasteiger partial charge in [-0.2, -0.15) is 0 Å². The van der Waals surface area contributed by atoms with Gasteiger partial charge in [0.15, 0.2) is 11.6 Å². The predicted molar refractivity (Wildman–Crippen MR) is 229 cm³/mol. The number of rotatable bonds is 14. The van der Waals surface area contributed by atoms with Crippen LogP contribution in [0.2, 0.25) is 0 Å². The van der Waals surface area contributed by atoms with Gasteiger partial charge in [0.25, 0.3) is 0 Å². The van der Waals surface area contributed by atoms with Gasteiger partial charge >= 0.3 is 0 Å². The maximum Gasteiger partial charge on any atom is 0.248 e. The van der Waals surface area contributed by atoms with Crippen LogP contribution in [-0.2, 0) is 41.6 Å². The normalized spacial score (nSPS) is 12.7. The van der Waals surface area contributed by atoms with E-state index < -0.39 is 36.0 Å². The van der Waals surface area contributed by atoms with Gasteiger partial charge in [-0.3, -0.25) is 33.6 Å². The fraction of sp³-hybridized carbons (Fsp3) is 0.213. The molecule has 0 bridgehead atoms. The molecule has 0 aliphatic rings. The number of phenolic OH excluding ortho intramolecular Hbond substituents is 1. The summed E-state index contributed by atoms with van der Waals surface area (Å²) in [5, 5.41) is 22.9. The minimum atomic E-state index is -1.01. The SMILES string of the molecule is CC(=O)NC(C(=O)NC(Cc1ccccc1)C(C)=O)c1ccc2cc(O)ccc2c1.CC(=O)NC(C(=O)NC(Cc1ccccc1)C(C)=O)c1ccc2ccc(=O)[nH]c2c1. The van der Waals surface area contributed by atoms with E-state index >= 15 is 0 Å². The summed E-state index contributed by atoms with van der Waals surface area (Å²) >= 11 is 0. The summed E-state index contributed by atoms with van der Waals surface area (Å²) in [6.07, 6.45) is 0.714. The van der Waals surface area contributed by atoms with Crippen molar-refractivity contribution in [1.29, 1.82) is 0 Å². The van der Waals surface area contributed by atoms with Crippen molar-refractivity contribution in [3.8, 4) is 5.75 Å². The molecular weight excluding hydrogens is 763 g/mol. The minimum absolute atomic E-state index is 0.150. The maximum atomic E-state index is 13.1. The highest BCUT2D eigenvalue weighted by molar-refractivity contribution is 5.95. The molecule has 0 saturated carbocycles. The Morgan fingerprint density at radius 2 is 0.950 bits per heavy atom. The van der Waals surface area contributed by atoms with Crippen LogP contribution >= 0.6 is 0 Å². The predicted octanol–water partition coefficient (Wildman–Crippen LogP) is 5.06. The molecule has 6 rings (SSSR count). The van der Waals surface area contributed by atoms with E-state index in [9.17, 15) is 38.7 Å². The number of H-pyrrole nitrogens is 1. The van der Waals surface area contributed by atoms with Crippen molar-refractivity contribution < 1.29 is 33.9 Å². The molecule has 6 aromatic rings. The highest BCUT2D eigenvalue weighted by atomic mass is 16.3. The monoisotopic (exact) mass is 809 g/mol. The van der Waals surface area contributed by atoms with Crippen LogP contribution in [0.4, 0.5) is 0 Å². The van der Waals surface area contributed by atoms with Crippen LogP contribution in [0.3, 0.4) is 0 Å². The van der Waals surface area contributed by atoms with Crippen molar-refractivity contribution in [2.45, 2.75) is 64.7 Å². The van der Waals surface area contributed by atoms with Gasteiger partial charge in [0, 0.05) is 25.4 Å². The van der Waals surface area contributed by atoms with E-state index in [-0.39, 0.29) is 34.7 Å². The van der Waals surface area contributed by atoms with Crippen LogP contribution < -0.4 is 26.8 Å². The zero-order chi connectivity index (χ0) is 43.3. The Hall–Kier alpha value is -7.41. The van der Waals surface area contributed by atoms with E-state index in [1.165, 1.54) is 33.8 Å². The lowest BCUT2D eigenvalue weighted by molar-refractivity contribution is -0.130. The summed E-state index contributed by atoms with van der Waals surface area (Å²) in [5.41, 5.74) is 3.22. The third kappa shape index (κ3) is 12.3. The minimum Gasteiger partial charge on any atom is -0.508 e. The highest BCUT2D eigenvalue weighted by Crippen LogP contribution is 2.25. The topological polar surface area (TPSA) is 204 Å². The molecule has 60 heavy (non-hydrogen) atoms. The summed E-state index contributed by atoms with van der Waals surface area (Å²) in [4.78, 5) is 88.2. The largest absolute Gasteiger partial charge is 0.508 e. The molecule has 13 nitrogen and oxygen atoms in total. The molecule has 0 saturated heterocycles. The molecule has 5 aromatic carbocycles. The number of hydrogen-bond acceptors (Lipinski definition) is 8. The molecule has 4 amide bonds. The number of nitrogens with one attached hydrogen (secondary N) is 5. The number of Topliss-reactive ketones (excluding diaryl/α,β-unsaturated/α-hetero) is 2. The lowest BCUT2D eigenvalue weighted by atomic mass is 9.99. The number of aromatic hydroxyl groups is 1. The Kier molecular flexibility index (Phi) is 14.8. The molecule has 0 spiro atoms. The third-order valence-corrected chi connectivity index (χ3v) is 9.66. The molecule has 1 aromatic heterocycles. The summed E-state index contributed by atoms with van der Waals surface area (Å²) in [6, 6.07) is 33.8. The highest BCUT2D eigenvalue weighted by Gasteiger charge is 2.28. The molecule has 0 fully saturated rings. The van der Waals surface area contributed by atoms with Crippen molar-refractivity contribution in [2.75, 3.05) is 0 Å². The van der Waals surface area contributed by atoms with Crippen molar-refractivity contribution in [3.05, 3.63) is 160 Å². The quantitative estimate of drug-likeness (QED) is 0.0876. The van der Waals surface area contributed by atoms with E-state index in [0.717, 1.165) is 27.3 Å². The summed E-state index contributed by atoms with van der Waals surface area (Å²) in [5.74, 6) is -1.91.